The van der Waals surface area contributed by atoms with Crippen LogP contribution in [0.2, 0.25) is 0 Å². The molecule has 0 bridgehead atoms. The largest absolute Gasteiger partial charge is 0.494 e. The number of alkyl halides is 3. The molecule has 2 fully saturated rings. The summed E-state index contributed by atoms with van der Waals surface area (Å²) in [5, 5.41) is 11.3. The van der Waals surface area contributed by atoms with Crippen LogP contribution < -0.4 is 10.1 Å². The Kier molecular flexibility index (Phi) is 5.97. The van der Waals surface area contributed by atoms with Crippen molar-refractivity contribution in [1.29, 1.82) is 0 Å². The molecule has 2 aromatic heterocycles. The Hall–Kier alpha value is -3.08. The number of benzene rings is 1. The third kappa shape index (κ3) is 5.03. The number of nitrogens with zero attached hydrogens (tertiary/aromatic N) is 4. The summed E-state index contributed by atoms with van der Waals surface area (Å²) in [6.45, 7) is 0.855. The molecule has 8 nitrogen and oxygen atoms in total. The number of fused-ring (bicyclic) bond motifs is 2. The quantitative estimate of drug-likeness (QED) is 0.541. The summed E-state index contributed by atoms with van der Waals surface area (Å²) in [7, 11) is 1.69. The van der Waals surface area contributed by atoms with Crippen molar-refractivity contribution in [2.24, 2.45) is 24.8 Å². The summed E-state index contributed by atoms with van der Waals surface area (Å²) >= 11 is 0. The van der Waals surface area contributed by atoms with E-state index < -0.39 is 12.7 Å². The predicted molar refractivity (Wildman–Crippen MR) is 120 cm³/mol. The van der Waals surface area contributed by atoms with Gasteiger partial charge in [0.25, 0.3) is 5.91 Å². The van der Waals surface area contributed by atoms with Crippen LogP contribution in [0.15, 0.2) is 30.6 Å². The van der Waals surface area contributed by atoms with Gasteiger partial charge in [-0.2, -0.15) is 13.2 Å². The Morgan fingerprint density at radius 2 is 2.03 bits per heavy atom. The molecule has 1 aromatic carbocycles. The van der Waals surface area contributed by atoms with E-state index in [2.05, 4.69) is 20.6 Å². The highest BCUT2D eigenvalue weighted by molar-refractivity contribution is 6.08. The normalized spacial score (nSPS) is 22.9. The van der Waals surface area contributed by atoms with Crippen molar-refractivity contribution in [3.8, 4) is 5.75 Å². The molecular weight excluding hydrogens is 449 g/mol. The van der Waals surface area contributed by atoms with E-state index in [4.69, 9.17) is 4.74 Å². The lowest BCUT2D eigenvalue weighted by atomic mass is 10.0. The van der Waals surface area contributed by atoms with Gasteiger partial charge in [-0.3, -0.25) is 14.4 Å². The van der Waals surface area contributed by atoms with E-state index >= 15 is 0 Å². The highest BCUT2D eigenvalue weighted by Crippen LogP contribution is 2.43. The minimum Gasteiger partial charge on any atom is -0.494 e. The summed E-state index contributed by atoms with van der Waals surface area (Å²) in [6, 6.07) is 5.67. The summed E-state index contributed by atoms with van der Waals surface area (Å²) < 4.78 is 45.4. The second kappa shape index (κ2) is 8.94. The Labute approximate surface area is 194 Å². The van der Waals surface area contributed by atoms with Crippen LogP contribution in [0, 0.1) is 17.8 Å². The molecule has 1 amide bonds. The van der Waals surface area contributed by atoms with Crippen LogP contribution in [-0.2, 0) is 7.05 Å². The SMILES string of the molecule is Cn1cc(C(=O)Nc2c[nH]c3ccc(OCCC4CC5CN(CC(F)(F)F)CC5C4)cc23)nn1. The lowest BCUT2D eigenvalue weighted by Crippen LogP contribution is -2.33. The number of aromatic nitrogens is 4. The minimum atomic E-state index is -4.12. The first-order valence-electron chi connectivity index (χ1n) is 11.4. The van der Waals surface area contributed by atoms with Crippen molar-refractivity contribution in [1.82, 2.24) is 24.9 Å². The maximum Gasteiger partial charge on any atom is 0.401 e. The Morgan fingerprint density at radius 1 is 1.26 bits per heavy atom. The van der Waals surface area contributed by atoms with Gasteiger partial charge in [-0.15, -0.1) is 5.10 Å². The Balaban J connectivity index is 1.13. The van der Waals surface area contributed by atoms with Crippen LogP contribution in [0.1, 0.15) is 29.8 Å². The number of aromatic amines is 1. The number of carbonyl (C=O) groups is 1. The van der Waals surface area contributed by atoms with Gasteiger partial charge in [0.2, 0.25) is 0 Å². The fourth-order valence-electron chi connectivity index (χ4n) is 5.41. The highest BCUT2D eigenvalue weighted by Gasteiger charge is 2.43. The first-order chi connectivity index (χ1) is 16.2. The van der Waals surface area contributed by atoms with Crippen LogP contribution in [0.4, 0.5) is 18.9 Å². The molecule has 2 aliphatic rings. The number of H-pyrrole nitrogens is 1. The number of nitrogens with one attached hydrogen (secondary N) is 2. The van der Waals surface area contributed by atoms with Crippen LogP contribution in [0.25, 0.3) is 10.9 Å². The van der Waals surface area contributed by atoms with E-state index in [1.165, 1.54) is 4.68 Å². The molecule has 3 aromatic rings. The molecule has 5 rings (SSSR count). The first kappa shape index (κ1) is 22.7. The summed E-state index contributed by atoms with van der Waals surface area (Å²) in [6.07, 6.45) is 1.97. The van der Waals surface area contributed by atoms with E-state index in [9.17, 15) is 18.0 Å². The number of anilines is 1. The summed E-state index contributed by atoms with van der Waals surface area (Å²) in [4.78, 5) is 17.1. The maximum atomic E-state index is 12.6. The van der Waals surface area contributed by atoms with Gasteiger partial charge < -0.3 is 15.0 Å². The average molecular weight is 477 g/mol. The van der Waals surface area contributed by atoms with Crippen molar-refractivity contribution >= 4 is 22.5 Å². The number of aryl methyl sites for hydroxylation is 1. The molecule has 34 heavy (non-hydrogen) atoms. The predicted octanol–water partition coefficient (Wildman–Crippen LogP) is 3.84. The third-order valence-electron chi connectivity index (χ3n) is 6.86. The van der Waals surface area contributed by atoms with Crippen LogP contribution >= 0.6 is 0 Å². The van der Waals surface area contributed by atoms with Crippen molar-refractivity contribution in [2.75, 3.05) is 31.6 Å². The molecule has 3 heterocycles. The van der Waals surface area contributed by atoms with Gasteiger partial charge >= 0.3 is 6.18 Å². The molecule has 0 spiro atoms. The molecule has 2 N–H and O–H groups in total. The topological polar surface area (TPSA) is 88.1 Å². The number of halogens is 3. The minimum absolute atomic E-state index is 0.229. The van der Waals surface area contributed by atoms with E-state index in [0.717, 1.165) is 30.2 Å². The van der Waals surface area contributed by atoms with Gasteiger partial charge in [-0.05, 0) is 55.2 Å². The maximum absolute atomic E-state index is 12.6. The van der Waals surface area contributed by atoms with E-state index in [1.54, 1.807) is 24.3 Å². The van der Waals surface area contributed by atoms with E-state index in [1.807, 2.05) is 18.2 Å². The van der Waals surface area contributed by atoms with E-state index in [-0.39, 0.29) is 11.6 Å². The van der Waals surface area contributed by atoms with Crippen molar-refractivity contribution in [2.45, 2.75) is 25.4 Å². The second-order valence-corrected chi connectivity index (χ2v) is 9.45. The molecule has 2 atom stereocenters. The summed E-state index contributed by atoms with van der Waals surface area (Å²) in [5.74, 6) is 1.58. The number of amides is 1. The fraction of sp³-hybridized carbons (Fsp3) is 0.522. The standard InChI is InChI=1S/C23H27F3N6O2/c1-31-12-21(29-30-31)22(33)28-20-9-27-19-3-2-17(8-18(19)20)34-5-4-14-6-15-10-32(11-16(15)7-14)13-23(24,25)26/h2-3,8-9,12,14-16,27H,4-7,10-11,13H2,1H3,(H,28,33). The number of carbonyl (C=O) groups excluding carboxylic acids is 1. The van der Waals surface area contributed by atoms with Crippen molar-refractivity contribution < 1.29 is 22.7 Å². The van der Waals surface area contributed by atoms with Crippen LogP contribution in [0.5, 0.6) is 5.75 Å². The first-order valence-corrected chi connectivity index (χ1v) is 11.4. The average Bonchev–Trinajstić information content (AvgIpc) is 3.51. The van der Waals surface area contributed by atoms with Crippen LogP contribution in [0.3, 0.4) is 0 Å². The molecule has 182 valence electrons. The van der Waals surface area contributed by atoms with Gasteiger partial charge in [0, 0.05) is 37.2 Å². The van der Waals surface area contributed by atoms with Gasteiger partial charge in [-0.25, -0.2) is 0 Å². The fourth-order valence-corrected chi connectivity index (χ4v) is 5.41. The van der Waals surface area contributed by atoms with Crippen molar-refractivity contribution in [3.63, 3.8) is 0 Å². The molecule has 2 unspecified atom stereocenters. The number of rotatable bonds is 7. The zero-order valence-electron chi connectivity index (χ0n) is 18.8. The molecule has 1 aliphatic carbocycles. The smallest absolute Gasteiger partial charge is 0.401 e. The molecule has 1 saturated carbocycles. The molecule has 11 heteroatoms. The lowest BCUT2D eigenvalue weighted by molar-refractivity contribution is -0.144. The number of hydrogen-bond donors (Lipinski definition) is 2. The van der Waals surface area contributed by atoms with Crippen LogP contribution in [-0.4, -0.2) is 63.2 Å². The van der Waals surface area contributed by atoms with Gasteiger partial charge in [0.05, 0.1) is 25.0 Å². The molecule has 1 saturated heterocycles. The number of likely N-dealkylation sites (tertiary alicyclic amines) is 1. The van der Waals surface area contributed by atoms with Gasteiger partial charge in [0.15, 0.2) is 5.69 Å². The second-order valence-electron chi connectivity index (χ2n) is 9.45. The lowest BCUT2D eigenvalue weighted by Gasteiger charge is -2.20. The Bertz CT molecular complexity index is 1160. The highest BCUT2D eigenvalue weighted by atomic mass is 19.4. The Morgan fingerprint density at radius 3 is 2.71 bits per heavy atom. The van der Waals surface area contributed by atoms with Gasteiger partial charge in [-0.1, -0.05) is 5.21 Å². The zero-order valence-corrected chi connectivity index (χ0v) is 18.8. The molecule has 0 radical (unpaired) electrons. The van der Waals surface area contributed by atoms with E-state index in [0.29, 0.717) is 48.9 Å². The number of ether oxygens (including phenoxy) is 1. The van der Waals surface area contributed by atoms with Crippen molar-refractivity contribution in [3.05, 3.63) is 36.3 Å². The van der Waals surface area contributed by atoms with Gasteiger partial charge in [0.1, 0.15) is 5.75 Å². The monoisotopic (exact) mass is 476 g/mol. The zero-order chi connectivity index (χ0) is 23.9. The molecular formula is C23H27F3N6O2. The number of hydrogen-bond acceptors (Lipinski definition) is 5. The third-order valence-corrected chi connectivity index (χ3v) is 6.86. The summed E-state index contributed by atoms with van der Waals surface area (Å²) in [5.41, 5.74) is 1.73. The molecule has 1 aliphatic heterocycles.